The first-order valence-electron chi connectivity index (χ1n) is 20.1. The number of fused-ring (bicyclic) bond motifs is 1. The summed E-state index contributed by atoms with van der Waals surface area (Å²) in [4.78, 5) is 60.8. The lowest BCUT2D eigenvalue weighted by Crippen LogP contribution is -2.54. The molecule has 2 saturated heterocycles. The second kappa shape index (κ2) is 15.5. The summed E-state index contributed by atoms with van der Waals surface area (Å²) in [5, 5.41) is 10.4. The first kappa shape index (κ1) is 41.0. The Kier molecular flexibility index (Phi) is 11.0. The van der Waals surface area contributed by atoms with Crippen LogP contribution in [0.15, 0.2) is 49.2 Å². The van der Waals surface area contributed by atoms with Crippen LogP contribution in [0.5, 0.6) is 0 Å². The molecule has 15 nitrogen and oxygen atoms in total. The van der Waals surface area contributed by atoms with Crippen LogP contribution in [0.1, 0.15) is 84.9 Å². The van der Waals surface area contributed by atoms with Crippen molar-refractivity contribution in [2.75, 3.05) is 19.7 Å². The van der Waals surface area contributed by atoms with E-state index in [4.69, 9.17) is 29.4 Å². The van der Waals surface area contributed by atoms with E-state index in [1.165, 1.54) is 0 Å². The summed E-state index contributed by atoms with van der Waals surface area (Å²) in [7, 11) is -1.34. The molecule has 2 N–H and O–H groups in total. The molecular formula is C42H56N10O5Si. The van der Waals surface area contributed by atoms with E-state index in [1.54, 1.807) is 34.6 Å². The minimum absolute atomic E-state index is 0.192. The number of ether oxygens (including phenoxy) is 2. The number of carboxylic acid groups (broad SMARTS) is 1. The van der Waals surface area contributed by atoms with E-state index < -0.39 is 30.7 Å². The Morgan fingerprint density at radius 2 is 1.67 bits per heavy atom. The van der Waals surface area contributed by atoms with Crippen molar-refractivity contribution in [1.82, 2.24) is 49.3 Å². The monoisotopic (exact) mass is 808 g/mol. The fourth-order valence-electron chi connectivity index (χ4n) is 8.14. The lowest BCUT2D eigenvalue weighted by molar-refractivity contribution is 0.00957. The van der Waals surface area contributed by atoms with Crippen molar-refractivity contribution in [2.24, 2.45) is 5.41 Å². The van der Waals surface area contributed by atoms with Gasteiger partial charge in [-0.1, -0.05) is 46.5 Å². The topological polar surface area (TPSA) is 177 Å². The van der Waals surface area contributed by atoms with E-state index in [1.807, 2.05) is 45.2 Å². The number of nitrogens with zero attached hydrogens (tertiary/aromatic N) is 9. The minimum Gasteiger partial charge on any atom is -0.465 e. The van der Waals surface area contributed by atoms with E-state index in [0.717, 1.165) is 42.1 Å². The van der Waals surface area contributed by atoms with Crippen LogP contribution in [0.4, 0.5) is 9.59 Å². The average molecular weight is 809 g/mol. The first-order valence-corrected chi connectivity index (χ1v) is 23.8. The molecule has 7 rings (SSSR count). The van der Waals surface area contributed by atoms with Crippen LogP contribution >= 0.6 is 0 Å². The van der Waals surface area contributed by atoms with Crippen LogP contribution in [0, 0.1) is 5.41 Å². The maximum Gasteiger partial charge on any atom is 0.410 e. The van der Waals surface area contributed by atoms with Crippen LogP contribution in [-0.2, 0) is 21.7 Å². The highest BCUT2D eigenvalue weighted by Gasteiger charge is 2.56. The van der Waals surface area contributed by atoms with Crippen molar-refractivity contribution in [3.05, 3.63) is 60.8 Å². The number of likely N-dealkylation sites (tertiary alicyclic amines) is 2. The number of rotatable bonds is 10. The molecule has 16 heteroatoms. The number of H-pyrrole nitrogens is 1. The van der Waals surface area contributed by atoms with Gasteiger partial charge < -0.3 is 24.1 Å². The highest BCUT2D eigenvalue weighted by Crippen LogP contribution is 2.51. The van der Waals surface area contributed by atoms with E-state index in [0.29, 0.717) is 66.0 Å². The molecule has 58 heavy (non-hydrogen) atoms. The summed E-state index contributed by atoms with van der Waals surface area (Å²) in [6, 6.07) is 6.71. The van der Waals surface area contributed by atoms with Gasteiger partial charge in [-0.05, 0) is 70.0 Å². The zero-order valence-corrected chi connectivity index (χ0v) is 36.2. The maximum absolute atomic E-state index is 12.9. The van der Waals surface area contributed by atoms with Gasteiger partial charge in [0.15, 0.2) is 5.82 Å². The van der Waals surface area contributed by atoms with Gasteiger partial charge in [-0.2, -0.15) is 0 Å². The van der Waals surface area contributed by atoms with Gasteiger partial charge in [-0.15, -0.1) is 0 Å². The third-order valence-electron chi connectivity index (χ3n) is 11.1. The predicted octanol–water partition coefficient (Wildman–Crippen LogP) is 8.74. The van der Waals surface area contributed by atoms with Crippen molar-refractivity contribution >= 4 is 31.3 Å². The Balaban J connectivity index is 1.14. The summed E-state index contributed by atoms with van der Waals surface area (Å²) in [5.74, 6) is 1.82. The van der Waals surface area contributed by atoms with Crippen molar-refractivity contribution in [2.45, 2.75) is 117 Å². The highest BCUT2D eigenvalue weighted by molar-refractivity contribution is 6.76. The molecule has 6 heterocycles. The number of aromatic nitrogens is 8. The van der Waals surface area contributed by atoms with Gasteiger partial charge in [0, 0.05) is 57.5 Å². The molecule has 4 aromatic heterocycles. The zero-order valence-electron chi connectivity index (χ0n) is 35.2. The van der Waals surface area contributed by atoms with Crippen molar-refractivity contribution in [3.63, 3.8) is 0 Å². The molecule has 0 unspecified atom stereocenters. The van der Waals surface area contributed by atoms with Gasteiger partial charge in [-0.3, -0.25) is 14.8 Å². The van der Waals surface area contributed by atoms with E-state index in [-0.39, 0.29) is 18.9 Å². The van der Waals surface area contributed by atoms with E-state index in [2.05, 4.69) is 59.9 Å². The molecule has 0 spiro atoms. The highest BCUT2D eigenvalue weighted by atomic mass is 28.3. The van der Waals surface area contributed by atoms with Crippen LogP contribution in [-0.4, -0.2) is 99.9 Å². The SMILES string of the molecule is CC(C)(C)OC(=O)N1CCC[C@H]1c1nc(-c2cnc(-c3cnc4cc(-c5cnc([C@@]6(C(C)(C)C)CCCN6C(=O)O)n5COCC[Si](C)(C)C)ccc4n3)nc2)c[nH]1. The maximum atomic E-state index is 12.9. The number of imidazole rings is 2. The number of carbonyl (C=O) groups excluding carboxylic acids is 1. The van der Waals surface area contributed by atoms with Crippen LogP contribution in [0.3, 0.4) is 0 Å². The molecule has 308 valence electrons. The Morgan fingerprint density at radius 1 is 0.914 bits per heavy atom. The van der Waals surface area contributed by atoms with E-state index in [9.17, 15) is 14.7 Å². The van der Waals surface area contributed by atoms with Gasteiger partial charge in [0.05, 0.1) is 40.9 Å². The summed E-state index contributed by atoms with van der Waals surface area (Å²) < 4.78 is 14.0. The third-order valence-corrected chi connectivity index (χ3v) is 12.8. The Hall–Kier alpha value is -5.22. The molecule has 1 aromatic carbocycles. The van der Waals surface area contributed by atoms with Gasteiger partial charge in [-0.25, -0.2) is 34.5 Å². The van der Waals surface area contributed by atoms with Crippen molar-refractivity contribution in [1.29, 1.82) is 0 Å². The van der Waals surface area contributed by atoms with Gasteiger partial charge in [0.2, 0.25) is 0 Å². The standard InChI is InChI=1S/C42H56N10O5Si/c1-40(2,3)42(15-11-17-52(42)38(53)54)37-47-25-34(51(37)26-56-18-19-58(7,8)9)27-13-14-29-30(20-27)43-24-32(48-29)35-44-21-28(22-45-35)31-23-46-36(49-31)33-12-10-16-50(33)39(55)57-41(4,5)6/h13-14,20-25,33H,10-12,15-19,26H2,1-9H3,(H,46,49)(H,53,54)/t33-,42+/m0/s1. The fourth-order valence-corrected chi connectivity index (χ4v) is 8.90. The minimum atomic E-state index is -1.34. The Labute approximate surface area is 340 Å². The molecule has 0 aliphatic carbocycles. The lowest BCUT2D eigenvalue weighted by Gasteiger charge is -2.46. The third kappa shape index (κ3) is 8.21. The second-order valence-electron chi connectivity index (χ2n) is 18.6. The summed E-state index contributed by atoms with van der Waals surface area (Å²) in [6.45, 7) is 20.8. The second-order valence-corrected chi connectivity index (χ2v) is 24.3. The quantitative estimate of drug-likeness (QED) is 0.102. The molecule has 0 radical (unpaired) electrons. The number of hydrogen-bond donors (Lipinski definition) is 2. The van der Waals surface area contributed by atoms with Crippen LogP contribution in [0.2, 0.25) is 25.7 Å². The summed E-state index contributed by atoms with van der Waals surface area (Å²) >= 11 is 0. The number of hydrogen-bond acceptors (Lipinski definition) is 10. The smallest absolute Gasteiger partial charge is 0.410 e. The Bertz CT molecular complexity index is 2290. The number of nitrogens with one attached hydrogen (secondary N) is 1. The van der Waals surface area contributed by atoms with Gasteiger partial charge in [0.1, 0.15) is 35.2 Å². The number of aromatic amines is 1. The predicted molar refractivity (Wildman–Crippen MR) is 223 cm³/mol. The van der Waals surface area contributed by atoms with Crippen molar-refractivity contribution < 1.29 is 24.2 Å². The van der Waals surface area contributed by atoms with Crippen LogP contribution < -0.4 is 0 Å². The molecule has 0 bridgehead atoms. The number of benzene rings is 1. The molecule has 2 fully saturated rings. The Morgan fingerprint density at radius 3 is 2.36 bits per heavy atom. The zero-order chi connectivity index (χ0) is 41.6. The fraction of sp³-hybridized carbons (Fsp3) is 0.524. The summed E-state index contributed by atoms with van der Waals surface area (Å²) in [5.41, 5.74) is 3.13. The van der Waals surface area contributed by atoms with Gasteiger partial charge >= 0.3 is 12.2 Å². The van der Waals surface area contributed by atoms with E-state index >= 15 is 0 Å². The molecule has 2 atom stereocenters. The largest absolute Gasteiger partial charge is 0.465 e. The lowest BCUT2D eigenvalue weighted by atomic mass is 9.71. The first-order chi connectivity index (χ1) is 27.3. The molecule has 2 amide bonds. The number of carbonyl (C=O) groups is 2. The van der Waals surface area contributed by atoms with Crippen molar-refractivity contribution in [3.8, 4) is 34.0 Å². The average Bonchev–Trinajstić information content (AvgIpc) is 3.97. The molecule has 5 aromatic rings. The normalized spacial score (nSPS) is 19.0. The van der Waals surface area contributed by atoms with Gasteiger partial charge in [0.25, 0.3) is 0 Å². The molecular weight excluding hydrogens is 753 g/mol. The molecule has 0 saturated carbocycles. The summed E-state index contributed by atoms with van der Waals surface area (Å²) in [6.07, 6.45) is 10.5. The van der Waals surface area contributed by atoms with Crippen LogP contribution in [0.25, 0.3) is 45.1 Å². The molecule has 2 aliphatic heterocycles. The molecule has 2 aliphatic rings. The number of amides is 2.